The quantitative estimate of drug-likeness (QED) is 0.802. The van der Waals surface area contributed by atoms with Crippen molar-refractivity contribution >= 4 is 23.2 Å². The Morgan fingerprint density at radius 2 is 1.74 bits per heavy atom. The van der Waals surface area contributed by atoms with Crippen LogP contribution in [0.2, 0.25) is 5.02 Å². The first-order chi connectivity index (χ1) is 13.1. The van der Waals surface area contributed by atoms with Crippen molar-refractivity contribution in [3.63, 3.8) is 0 Å². The normalized spacial score (nSPS) is 16.0. The maximum atomic E-state index is 12.6. The van der Waals surface area contributed by atoms with Crippen LogP contribution in [0.4, 0.5) is 5.69 Å². The Balaban J connectivity index is 1.75. The molecule has 1 amide bonds. The monoisotopic (exact) mass is 385 g/mol. The zero-order chi connectivity index (χ0) is 19.2. The average Bonchev–Trinajstić information content (AvgIpc) is 2.69. The van der Waals surface area contributed by atoms with E-state index in [0.717, 1.165) is 13.1 Å². The first kappa shape index (κ1) is 19.7. The molecule has 1 saturated heterocycles. The van der Waals surface area contributed by atoms with Crippen LogP contribution in [0.5, 0.6) is 0 Å². The lowest BCUT2D eigenvalue weighted by molar-refractivity contribution is 0.0924. The van der Waals surface area contributed by atoms with Crippen molar-refractivity contribution in [1.82, 2.24) is 10.2 Å². The summed E-state index contributed by atoms with van der Waals surface area (Å²) in [6.45, 7) is 2.72. The topological polar surface area (TPSA) is 35.6 Å². The fourth-order valence-corrected chi connectivity index (χ4v) is 3.83. The number of hydrogen-bond donors (Lipinski definition) is 1. The summed E-state index contributed by atoms with van der Waals surface area (Å²) in [7, 11) is 4.09. The molecule has 0 radical (unpaired) electrons. The maximum absolute atomic E-state index is 12.6. The van der Waals surface area contributed by atoms with Gasteiger partial charge in [0.05, 0.1) is 16.6 Å². The third-order valence-electron chi connectivity index (χ3n) is 5.20. The molecule has 4 nitrogen and oxygen atoms in total. The highest BCUT2D eigenvalue weighted by Gasteiger charge is 2.23. The van der Waals surface area contributed by atoms with E-state index in [2.05, 4.69) is 39.4 Å². The first-order valence-electron chi connectivity index (χ1n) is 9.60. The maximum Gasteiger partial charge on any atom is 0.252 e. The highest BCUT2D eigenvalue weighted by molar-refractivity contribution is 6.33. The third kappa shape index (κ3) is 5.02. The minimum atomic E-state index is -0.118. The molecule has 1 unspecified atom stereocenters. The van der Waals surface area contributed by atoms with E-state index in [1.165, 1.54) is 30.5 Å². The van der Waals surface area contributed by atoms with Crippen molar-refractivity contribution in [1.29, 1.82) is 0 Å². The average molecular weight is 386 g/mol. The molecule has 0 bridgehead atoms. The summed E-state index contributed by atoms with van der Waals surface area (Å²) >= 11 is 6.17. The van der Waals surface area contributed by atoms with Gasteiger partial charge in [-0.05, 0) is 55.8 Å². The summed E-state index contributed by atoms with van der Waals surface area (Å²) in [4.78, 5) is 17.2. The minimum absolute atomic E-state index is 0.118. The number of hydrogen-bond acceptors (Lipinski definition) is 3. The summed E-state index contributed by atoms with van der Waals surface area (Å²) in [6, 6.07) is 16.0. The molecule has 2 aromatic carbocycles. The van der Waals surface area contributed by atoms with Gasteiger partial charge in [-0.1, -0.05) is 42.3 Å². The van der Waals surface area contributed by atoms with Crippen LogP contribution in [0.1, 0.15) is 41.2 Å². The van der Waals surface area contributed by atoms with E-state index in [9.17, 15) is 4.79 Å². The van der Waals surface area contributed by atoms with Gasteiger partial charge >= 0.3 is 0 Å². The summed E-state index contributed by atoms with van der Waals surface area (Å²) in [6.07, 6.45) is 3.71. The molecule has 2 aromatic rings. The number of piperidine rings is 1. The van der Waals surface area contributed by atoms with Crippen LogP contribution in [0.15, 0.2) is 48.5 Å². The molecule has 1 heterocycles. The van der Waals surface area contributed by atoms with Crippen LogP contribution < -0.4 is 10.2 Å². The van der Waals surface area contributed by atoms with Gasteiger partial charge < -0.3 is 10.2 Å². The van der Waals surface area contributed by atoms with E-state index in [4.69, 9.17) is 11.6 Å². The third-order valence-corrected chi connectivity index (χ3v) is 5.53. The zero-order valence-electron chi connectivity index (χ0n) is 16.1. The number of halogens is 1. The van der Waals surface area contributed by atoms with Crippen molar-refractivity contribution < 1.29 is 4.79 Å². The minimum Gasteiger partial charge on any atom is -0.378 e. The lowest BCUT2D eigenvalue weighted by atomic mass is 10.0. The number of nitrogens with one attached hydrogen (secondary N) is 1. The van der Waals surface area contributed by atoms with E-state index in [0.29, 0.717) is 17.1 Å². The molecule has 1 aliphatic rings. The van der Waals surface area contributed by atoms with Gasteiger partial charge in [0.15, 0.2) is 0 Å². The second-order valence-electron chi connectivity index (χ2n) is 7.29. The molecule has 1 atom stereocenters. The Kier molecular flexibility index (Phi) is 6.75. The van der Waals surface area contributed by atoms with E-state index >= 15 is 0 Å². The largest absolute Gasteiger partial charge is 0.378 e. The molecular weight excluding hydrogens is 358 g/mol. The second-order valence-corrected chi connectivity index (χ2v) is 7.70. The number of amides is 1. The van der Waals surface area contributed by atoms with Crippen LogP contribution in [0, 0.1) is 0 Å². The fourth-order valence-electron chi connectivity index (χ4n) is 3.61. The van der Waals surface area contributed by atoms with Crippen molar-refractivity contribution in [2.75, 3.05) is 38.6 Å². The molecule has 0 spiro atoms. The zero-order valence-corrected chi connectivity index (χ0v) is 16.9. The molecule has 0 aromatic heterocycles. The summed E-state index contributed by atoms with van der Waals surface area (Å²) in [5, 5.41) is 3.58. The Bertz CT molecular complexity index is 754. The number of rotatable bonds is 6. The number of likely N-dealkylation sites (tertiary alicyclic amines) is 1. The SMILES string of the molecule is CN(C)c1ccc(C(CNC(=O)c2ccccc2Cl)N2CCCCC2)cc1. The van der Waals surface area contributed by atoms with Gasteiger partial charge in [0.25, 0.3) is 5.91 Å². The van der Waals surface area contributed by atoms with E-state index in [1.807, 2.05) is 26.2 Å². The van der Waals surface area contributed by atoms with Gasteiger partial charge in [-0.2, -0.15) is 0 Å². The molecule has 5 heteroatoms. The van der Waals surface area contributed by atoms with Gasteiger partial charge in [0.1, 0.15) is 0 Å². The highest BCUT2D eigenvalue weighted by atomic mass is 35.5. The van der Waals surface area contributed by atoms with Gasteiger partial charge in [-0.3, -0.25) is 9.69 Å². The number of nitrogens with zero attached hydrogens (tertiary/aromatic N) is 2. The molecule has 0 aliphatic carbocycles. The molecule has 1 aliphatic heterocycles. The lowest BCUT2D eigenvalue weighted by Crippen LogP contribution is -2.40. The van der Waals surface area contributed by atoms with Gasteiger partial charge in [-0.15, -0.1) is 0 Å². The molecule has 3 rings (SSSR count). The first-order valence-corrected chi connectivity index (χ1v) is 9.98. The van der Waals surface area contributed by atoms with E-state index in [1.54, 1.807) is 12.1 Å². The van der Waals surface area contributed by atoms with Crippen molar-refractivity contribution in [2.45, 2.75) is 25.3 Å². The molecule has 27 heavy (non-hydrogen) atoms. The van der Waals surface area contributed by atoms with E-state index < -0.39 is 0 Å². The van der Waals surface area contributed by atoms with Crippen molar-refractivity contribution in [3.8, 4) is 0 Å². The van der Waals surface area contributed by atoms with E-state index in [-0.39, 0.29) is 11.9 Å². The van der Waals surface area contributed by atoms with Crippen molar-refractivity contribution in [2.24, 2.45) is 0 Å². The van der Waals surface area contributed by atoms with Gasteiger partial charge in [-0.25, -0.2) is 0 Å². The summed E-state index contributed by atoms with van der Waals surface area (Å²) in [5.41, 5.74) is 2.94. The Morgan fingerprint density at radius 3 is 2.37 bits per heavy atom. The smallest absolute Gasteiger partial charge is 0.252 e. The molecule has 1 N–H and O–H groups in total. The molecule has 0 saturated carbocycles. The van der Waals surface area contributed by atoms with Crippen LogP contribution in [0.25, 0.3) is 0 Å². The highest BCUT2D eigenvalue weighted by Crippen LogP contribution is 2.26. The Labute approximate surface area is 167 Å². The standard InChI is InChI=1S/C22H28ClN3O/c1-25(2)18-12-10-17(11-13-18)21(26-14-6-3-7-15-26)16-24-22(27)19-8-4-5-9-20(19)23/h4-5,8-13,21H,3,6-7,14-16H2,1-2H3,(H,24,27). The van der Waals surface area contributed by atoms with Crippen LogP contribution >= 0.6 is 11.6 Å². The van der Waals surface area contributed by atoms with Gasteiger partial charge in [0.2, 0.25) is 0 Å². The summed E-state index contributed by atoms with van der Waals surface area (Å²) < 4.78 is 0. The molecule has 1 fully saturated rings. The fraction of sp³-hybridized carbons (Fsp3) is 0.409. The Hall–Kier alpha value is -2.04. The number of anilines is 1. The molecular formula is C22H28ClN3O. The number of carbonyl (C=O) groups excluding carboxylic acids is 1. The molecule has 144 valence electrons. The predicted molar refractivity (Wildman–Crippen MR) is 113 cm³/mol. The summed E-state index contributed by atoms with van der Waals surface area (Å²) in [5.74, 6) is -0.118. The number of carbonyl (C=O) groups is 1. The second kappa shape index (κ2) is 9.25. The lowest BCUT2D eigenvalue weighted by Gasteiger charge is -2.35. The van der Waals surface area contributed by atoms with Gasteiger partial charge in [0, 0.05) is 26.3 Å². The number of benzene rings is 2. The van der Waals surface area contributed by atoms with Crippen LogP contribution in [0.3, 0.4) is 0 Å². The van der Waals surface area contributed by atoms with Crippen LogP contribution in [-0.2, 0) is 0 Å². The van der Waals surface area contributed by atoms with Crippen LogP contribution in [-0.4, -0.2) is 44.5 Å². The Morgan fingerprint density at radius 1 is 1.07 bits per heavy atom. The van der Waals surface area contributed by atoms with Crippen molar-refractivity contribution in [3.05, 3.63) is 64.7 Å². The predicted octanol–water partition coefficient (Wildman–Crippen LogP) is 4.36.